The number of amides is 1. The normalized spacial score (nSPS) is 29.7. The quantitative estimate of drug-likeness (QED) is 0.457. The summed E-state index contributed by atoms with van der Waals surface area (Å²) in [5, 5.41) is 2.67. The van der Waals surface area contributed by atoms with Crippen molar-refractivity contribution in [3.05, 3.63) is 42.1 Å². The molecule has 1 N–H and O–H groups in total. The fourth-order valence-electron chi connectivity index (χ4n) is 6.22. The number of nitrogens with zero attached hydrogens (tertiary/aromatic N) is 2. The van der Waals surface area contributed by atoms with E-state index in [1.54, 1.807) is 37.3 Å². The molecule has 4 saturated carbocycles. The predicted octanol–water partition coefficient (Wildman–Crippen LogP) is 5.73. The average Bonchev–Trinajstić information content (AvgIpc) is 2.72. The monoisotopic (exact) mass is 461 g/mol. The Kier molecular flexibility index (Phi) is 5.47. The number of alkyl halides is 3. The van der Waals surface area contributed by atoms with Gasteiger partial charge in [0, 0.05) is 11.1 Å². The van der Waals surface area contributed by atoms with Crippen LogP contribution in [-0.4, -0.2) is 26.7 Å². The molecule has 1 heterocycles. The number of aromatic nitrogens is 2. The van der Waals surface area contributed by atoms with Crippen LogP contribution in [0.5, 0.6) is 0 Å². The highest BCUT2D eigenvalue weighted by molar-refractivity contribution is 8.00. The second-order valence-corrected chi connectivity index (χ2v) is 11.0. The van der Waals surface area contributed by atoms with Crippen molar-refractivity contribution < 1.29 is 18.0 Å². The smallest absolute Gasteiger partial charge is 0.350 e. The second-order valence-electron chi connectivity index (χ2n) is 9.73. The highest BCUT2D eigenvalue weighted by atomic mass is 32.2. The van der Waals surface area contributed by atoms with E-state index in [1.165, 1.54) is 19.3 Å². The molecule has 1 amide bonds. The van der Waals surface area contributed by atoms with E-state index in [-0.39, 0.29) is 22.3 Å². The molecule has 0 unspecified atom stereocenters. The number of carbonyl (C=O) groups excluding carboxylic acids is 1. The van der Waals surface area contributed by atoms with Crippen molar-refractivity contribution in [1.82, 2.24) is 15.3 Å². The van der Waals surface area contributed by atoms with Crippen LogP contribution in [0.15, 0.2) is 41.6 Å². The lowest BCUT2D eigenvalue weighted by atomic mass is 9.53. The Bertz CT molecular complexity index is 976. The lowest BCUT2D eigenvalue weighted by Crippen LogP contribution is -2.60. The van der Waals surface area contributed by atoms with Crippen LogP contribution >= 0.6 is 11.8 Å². The third-order valence-electron chi connectivity index (χ3n) is 7.14. The maximum atomic E-state index is 13.5. The molecular formula is C24H26F3N3OS. The summed E-state index contributed by atoms with van der Waals surface area (Å²) in [6, 6.07) is 9.67. The number of nitrogens with one attached hydrogen (secondary N) is 1. The summed E-state index contributed by atoms with van der Waals surface area (Å²) < 4.78 is 40.4. The van der Waals surface area contributed by atoms with Gasteiger partial charge in [0.05, 0.1) is 10.9 Å². The minimum Gasteiger partial charge on any atom is -0.350 e. The molecule has 32 heavy (non-hydrogen) atoms. The highest BCUT2D eigenvalue weighted by Crippen LogP contribution is 2.55. The first-order chi connectivity index (χ1) is 15.2. The molecule has 4 aliphatic rings. The van der Waals surface area contributed by atoms with Gasteiger partial charge in [-0.3, -0.25) is 4.79 Å². The van der Waals surface area contributed by atoms with Crippen LogP contribution in [0.1, 0.15) is 51.1 Å². The van der Waals surface area contributed by atoms with E-state index < -0.39 is 17.1 Å². The van der Waals surface area contributed by atoms with E-state index in [9.17, 15) is 18.0 Å². The first-order valence-corrected chi connectivity index (χ1v) is 12.1. The van der Waals surface area contributed by atoms with Crippen molar-refractivity contribution >= 4 is 17.7 Å². The lowest BCUT2D eigenvalue weighted by Gasteiger charge is -2.57. The molecule has 4 nitrogen and oxygen atoms in total. The summed E-state index contributed by atoms with van der Waals surface area (Å²) in [6.07, 6.45) is 2.33. The van der Waals surface area contributed by atoms with Crippen molar-refractivity contribution in [3.63, 3.8) is 0 Å². The third-order valence-corrected chi connectivity index (χ3v) is 8.10. The number of benzene rings is 1. The largest absolute Gasteiger partial charge is 0.433 e. The number of thioether (sulfide) groups is 1. The molecule has 0 radical (unpaired) electrons. The van der Waals surface area contributed by atoms with Gasteiger partial charge in [0.25, 0.3) is 0 Å². The number of hydrogen-bond acceptors (Lipinski definition) is 4. The van der Waals surface area contributed by atoms with E-state index in [0.29, 0.717) is 23.3 Å². The minimum atomic E-state index is -4.59. The Morgan fingerprint density at radius 3 is 2.22 bits per heavy atom. The molecule has 8 heteroatoms. The van der Waals surface area contributed by atoms with Crippen molar-refractivity contribution in [2.75, 3.05) is 0 Å². The van der Waals surface area contributed by atoms with Crippen LogP contribution in [0, 0.1) is 17.8 Å². The van der Waals surface area contributed by atoms with Crippen LogP contribution < -0.4 is 5.32 Å². The first-order valence-electron chi connectivity index (χ1n) is 11.2. The fourth-order valence-corrected chi connectivity index (χ4v) is 7.00. The standard InChI is InChI=1S/C24H26F3N3OS/c1-14(21(31)30-23-11-15-7-16(12-23)9-17(8-15)13-23)32-22-28-19(18-5-3-2-4-6-18)10-20(29-22)24(25,26)27/h2-6,10,14-17H,7-9,11-13H2,1H3,(H,30,31)/t14-,15?,16?,17?,23?/m0/s1. The Balaban J connectivity index is 1.34. The molecule has 6 rings (SSSR count). The highest BCUT2D eigenvalue weighted by Gasteiger charge is 2.51. The predicted molar refractivity (Wildman–Crippen MR) is 117 cm³/mol. The number of halogens is 3. The Morgan fingerprint density at radius 1 is 1.06 bits per heavy atom. The average molecular weight is 462 g/mol. The Labute approximate surface area is 189 Å². The van der Waals surface area contributed by atoms with Crippen LogP contribution in [0.25, 0.3) is 11.3 Å². The zero-order chi connectivity index (χ0) is 22.5. The summed E-state index contributed by atoms with van der Waals surface area (Å²) in [7, 11) is 0. The van der Waals surface area contributed by atoms with Crippen LogP contribution in [0.4, 0.5) is 13.2 Å². The number of carbonyl (C=O) groups is 1. The van der Waals surface area contributed by atoms with E-state index in [4.69, 9.17) is 0 Å². The zero-order valence-electron chi connectivity index (χ0n) is 17.9. The fraction of sp³-hybridized carbons (Fsp3) is 0.542. The van der Waals surface area contributed by atoms with Gasteiger partial charge in [-0.25, -0.2) is 9.97 Å². The number of rotatable bonds is 5. The van der Waals surface area contributed by atoms with Gasteiger partial charge in [-0.05, 0) is 69.3 Å². The van der Waals surface area contributed by atoms with Crippen LogP contribution in [-0.2, 0) is 11.0 Å². The van der Waals surface area contributed by atoms with E-state index in [2.05, 4.69) is 15.3 Å². The molecule has 0 aliphatic heterocycles. The summed E-state index contributed by atoms with van der Waals surface area (Å²) in [6.45, 7) is 1.71. The molecule has 2 aromatic rings. The molecule has 4 fully saturated rings. The van der Waals surface area contributed by atoms with E-state index in [0.717, 1.165) is 37.1 Å². The van der Waals surface area contributed by atoms with Crippen molar-refractivity contribution in [1.29, 1.82) is 0 Å². The van der Waals surface area contributed by atoms with Crippen LogP contribution in [0.3, 0.4) is 0 Å². The molecule has 170 valence electrons. The van der Waals surface area contributed by atoms with Gasteiger partial charge in [0.15, 0.2) is 5.16 Å². The molecule has 0 spiro atoms. The van der Waals surface area contributed by atoms with Gasteiger partial charge in [0.2, 0.25) is 5.91 Å². The Morgan fingerprint density at radius 2 is 1.66 bits per heavy atom. The van der Waals surface area contributed by atoms with Crippen molar-refractivity contribution in [2.45, 2.75) is 67.6 Å². The van der Waals surface area contributed by atoms with Crippen molar-refractivity contribution in [3.8, 4) is 11.3 Å². The third kappa shape index (κ3) is 4.38. The van der Waals surface area contributed by atoms with Crippen molar-refractivity contribution in [2.24, 2.45) is 17.8 Å². The maximum absolute atomic E-state index is 13.5. The minimum absolute atomic E-state index is 0.0353. The van der Waals surface area contributed by atoms with E-state index >= 15 is 0 Å². The molecule has 4 aliphatic carbocycles. The topological polar surface area (TPSA) is 54.9 Å². The summed E-state index contributed by atoms with van der Waals surface area (Å²) in [5.41, 5.74) is -0.357. The van der Waals surface area contributed by atoms with Gasteiger partial charge in [-0.1, -0.05) is 42.1 Å². The summed E-state index contributed by atoms with van der Waals surface area (Å²) >= 11 is 0.985. The van der Waals surface area contributed by atoms with Gasteiger partial charge in [-0.15, -0.1) is 0 Å². The van der Waals surface area contributed by atoms with Gasteiger partial charge < -0.3 is 5.32 Å². The number of hydrogen-bond donors (Lipinski definition) is 1. The molecule has 1 aromatic carbocycles. The molecular weight excluding hydrogens is 435 g/mol. The van der Waals surface area contributed by atoms with E-state index in [1.807, 2.05) is 0 Å². The lowest BCUT2D eigenvalue weighted by molar-refractivity contribution is -0.141. The first kappa shape index (κ1) is 21.7. The molecule has 1 atom stereocenters. The second kappa shape index (κ2) is 8.04. The molecule has 0 saturated heterocycles. The zero-order valence-corrected chi connectivity index (χ0v) is 18.7. The SMILES string of the molecule is C[C@H](Sc1nc(-c2ccccc2)cc(C(F)(F)F)n1)C(=O)NC12CC3CC(CC(C3)C1)C2. The summed E-state index contributed by atoms with van der Waals surface area (Å²) in [5.74, 6) is 1.96. The molecule has 4 bridgehead atoms. The summed E-state index contributed by atoms with van der Waals surface area (Å²) in [4.78, 5) is 21.1. The Hall–Kier alpha value is -2.09. The molecule has 1 aromatic heterocycles. The van der Waals surface area contributed by atoms with Crippen LogP contribution in [0.2, 0.25) is 0 Å². The van der Waals surface area contributed by atoms with Gasteiger partial charge in [-0.2, -0.15) is 13.2 Å². The van der Waals surface area contributed by atoms with Gasteiger partial charge in [0.1, 0.15) is 5.69 Å². The maximum Gasteiger partial charge on any atom is 0.433 e. The van der Waals surface area contributed by atoms with Gasteiger partial charge >= 0.3 is 6.18 Å².